The Morgan fingerprint density at radius 2 is 1.04 bits per heavy atom. The standard InChI is InChI=1S/C60H74O34/c1-26(65)81-24-38-50(83-27(2)66)51(89-56-46(76)44(74)41(71)34(20-61)84-56)48(78)58(87-38)90-52-49(88-40(70)18-13-29-11-16-32(68)33(19-29)80-3)37(23-64)86-59(92-57-47(77)45(75)42(72)35(21-62)85-57)53(52)94-60(25-82-39(69)17-12-28-9-14-31(67)15-10-28)54(43(73)36(22-63)93-60)91-55(79)30-7-5-4-6-8-30/h4-19,34-38,41-54,56-59,61-64,67-68,71-78H,20-25H2,1-3H3. The van der Waals surface area contributed by atoms with Crippen LogP contribution in [0.2, 0.25) is 0 Å². The Bertz CT molecular complexity index is 3060. The van der Waals surface area contributed by atoms with Gasteiger partial charge >= 0.3 is 29.8 Å². The molecule has 94 heavy (non-hydrogen) atoms. The number of aliphatic hydroxyl groups is 12. The Kier molecular flexibility index (Phi) is 25.3. The number of hydrogen-bond acceptors (Lipinski definition) is 34. The van der Waals surface area contributed by atoms with Crippen LogP contribution in [0.4, 0.5) is 0 Å². The number of carbonyl (C=O) groups is 5. The lowest BCUT2D eigenvalue weighted by atomic mass is 9.95. The summed E-state index contributed by atoms with van der Waals surface area (Å²) in [6.07, 6.45) is -45.7. The average Bonchev–Trinajstić information content (AvgIpc) is 1.41. The van der Waals surface area contributed by atoms with Crippen molar-refractivity contribution in [1.82, 2.24) is 0 Å². The lowest BCUT2D eigenvalue weighted by Crippen LogP contribution is -2.70. The smallest absolute Gasteiger partial charge is 0.338 e. The third kappa shape index (κ3) is 17.2. The summed E-state index contributed by atoms with van der Waals surface area (Å²) in [5, 5.41) is 153. The Hall–Kier alpha value is -6.95. The van der Waals surface area contributed by atoms with Crippen molar-refractivity contribution in [2.75, 3.05) is 46.8 Å². The van der Waals surface area contributed by atoms with E-state index >= 15 is 0 Å². The summed E-state index contributed by atoms with van der Waals surface area (Å²) in [5.41, 5.74) is 0.375. The van der Waals surface area contributed by atoms with Gasteiger partial charge in [0.05, 0.1) is 39.1 Å². The van der Waals surface area contributed by atoms with Crippen LogP contribution in [0.1, 0.15) is 35.3 Å². The van der Waals surface area contributed by atoms with E-state index in [-0.39, 0.29) is 28.4 Å². The fraction of sp³-hybridized carbons (Fsp3) is 0.550. The predicted molar refractivity (Wildman–Crippen MR) is 304 cm³/mol. The van der Waals surface area contributed by atoms with Gasteiger partial charge in [0.1, 0.15) is 117 Å². The highest BCUT2D eigenvalue weighted by Gasteiger charge is 2.65. The maximum Gasteiger partial charge on any atom is 0.338 e. The molecule has 0 aromatic heterocycles. The van der Waals surface area contributed by atoms with Crippen molar-refractivity contribution in [1.29, 1.82) is 0 Å². The summed E-state index contributed by atoms with van der Waals surface area (Å²) in [5.74, 6) is -9.42. The van der Waals surface area contributed by atoms with Gasteiger partial charge < -0.3 is 143 Å². The SMILES string of the molecule is COc1cc(C=CC(=O)OC2C(CO)OC(OC3OC(CO)C(O)C(O)C3O)C(OC3(COC(=O)C=Cc4ccc(O)cc4)OC(CO)C(O)C3OC(=O)c3ccccc3)C2OC2OC(COC(C)=O)C(OC(C)=O)C(OC3OC(CO)C(O)C(O)C3O)C2O)ccc1O. The Morgan fingerprint density at radius 3 is 1.64 bits per heavy atom. The minimum atomic E-state index is -3.08. The van der Waals surface area contributed by atoms with Crippen LogP contribution in [-0.4, -0.2) is 295 Å². The molecule has 0 radical (unpaired) electrons. The maximum absolute atomic E-state index is 14.4. The molecule has 0 bridgehead atoms. The van der Waals surface area contributed by atoms with E-state index in [4.69, 9.17) is 71.1 Å². The summed E-state index contributed by atoms with van der Waals surface area (Å²) in [6, 6.07) is 16.3. The van der Waals surface area contributed by atoms with Crippen LogP contribution in [0.15, 0.2) is 84.9 Å². The van der Waals surface area contributed by atoms with E-state index < -0.39 is 216 Å². The predicted octanol–water partition coefficient (Wildman–Crippen LogP) is -4.97. The van der Waals surface area contributed by atoms with Gasteiger partial charge in [0.25, 0.3) is 0 Å². The maximum atomic E-state index is 14.4. The second-order valence-electron chi connectivity index (χ2n) is 22.0. The first-order chi connectivity index (χ1) is 44.8. The Balaban J connectivity index is 1.32. The van der Waals surface area contributed by atoms with Crippen molar-refractivity contribution >= 4 is 42.0 Å². The van der Waals surface area contributed by atoms with Crippen molar-refractivity contribution in [2.24, 2.45) is 0 Å². The molecule has 3 aromatic carbocycles. The summed E-state index contributed by atoms with van der Waals surface area (Å²) in [7, 11) is 1.25. The lowest BCUT2D eigenvalue weighted by Gasteiger charge is -2.51. The number of carbonyl (C=O) groups excluding carboxylic acids is 5. The van der Waals surface area contributed by atoms with E-state index in [2.05, 4.69) is 0 Å². The van der Waals surface area contributed by atoms with Crippen LogP contribution in [0, 0.1) is 0 Å². The van der Waals surface area contributed by atoms with Gasteiger partial charge in [0.15, 0.2) is 55.0 Å². The highest BCUT2D eigenvalue weighted by Crippen LogP contribution is 2.43. The zero-order valence-corrected chi connectivity index (χ0v) is 50.2. The monoisotopic (exact) mass is 1340 g/mol. The average molecular weight is 1340 g/mol. The van der Waals surface area contributed by atoms with Gasteiger partial charge in [0, 0.05) is 26.0 Å². The summed E-state index contributed by atoms with van der Waals surface area (Å²) in [6.45, 7) is -4.84. The van der Waals surface area contributed by atoms with Gasteiger partial charge in [-0.25, -0.2) is 14.4 Å². The van der Waals surface area contributed by atoms with Crippen LogP contribution in [0.3, 0.4) is 0 Å². The van der Waals surface area contributed by atoms with Crippen molar-refractivity contribution in [3.05, 3.63) is 102 Å². The molecule has 14 N–H and O–H groups in total. The molecule has 3 aromatic rings. The number of esters is 5. The van der Waals surface area contributed by atoms with Crippen LogP contribution >= 0.6 is 0 Å². The number of aliphatic hydroxyl groups excluding tert-OH is 12. The number of rotatable bonds is 25. The molecule has 5 aliphatic heterocycles. The Labute approximate surface area is 533 Å². The van der Waals surface area contributed by atoms with E-state index in [1.54, 1.807) is 6.07 Å². The first-order valence-electron chi connectivity index (χ1n) is 29.1. The molecule has 5 aliphatic rings. The van der Waals surface area contributed by atoms with Crippen LogP contribution in [0.5, 0.6) is 17.2 Å². The normalized spacial score (nSPS) is 36.0. The number of benzene rings is 3. The third-order valence-corrected chi connectivity index (χ3v) is 15.5. The van der Waals surface area contributed by atoms with Crippen LogP contribution in [0.25, 0.3) is 12.2 Å². The number of phenolic OH excluding ortho intramolecular Hbond substituents is 2. The van der Waals surface area contributed by atoms with Crippen LogP contribution in [-0.2, 0) is 85.5 Å². The van der Waals surface area contributed by atoms with E-state index in [0.29, 0.717) is 5.56 Å². The van der Waals surface area contributed by atoms with Crippen molar-refractivity contribution in [2.45, 2.75) is 161 Å². The molecule has 5 fully saturated rings. The van der Waals surface area contributed by atoms with Crippen molar-refractivity contribution in [3.8, 4) is 17.2 Å². The fourth-order valence-corrected chi connectivity index (χ4v) is 10.7. The topological polar surface area (TPSA) is 507 Å². The summed E-state index contributed by atoms with van der Waals surface area (Å²) < 4.78 is 89.4. The minimum absolute atomic E-state index is 0.0401. The highest BCUT2D eigenvalue weighted by molar-refractivity contribution is 5.90. The van der Waals surface area contributed by atoms with Gasteiger partial charge in [-0.1, -0.05) is 36.4 Å². The molecule has 34 heteroatoms. The van der Waals surface area contributed by atoms with Crippen molar-refractivity contribution < 1.29 is 167 Å². The molecule has 24 atom stereocenters. The molecule has 5 heterocycles. The fourth-order valence-electron chi connectivity index (χ4n) is 10.7. The summed E-state index contributed by atoms with van der Waals surface area (Å²) >= 11 is 0. The number of hydrogen-bond donors (Lipinski definition) is 14. The molecule has 0 spiro atoms. The molecule has 0 amide bonds. The van der Waals surface area contributed by atoms with Gasteiger partial charge in [-0.2, -0.15) is 0 Å². The first-order valence-corrected chi connectivity index (χ1v) is 29.1. The lowest BCUT2D eigenvalue weighted by molar-refractivity contribution is -0.422. The summed E-state index contributed by atoms with van der Waals surface area (Å²) in [4.78, 5) is 67.9. The molecule has 0 aliphatic carbocycles. The highest BCUT2D eigenvalue weighted by atomic mass is 16.8. The molecule has 34 nitrogen and oxygen atoms in total. The number of phenols is 2. The second-order valence-corrected chi connectivity index (χ2v) is 22.0. The molecule has 518 valence electrons. The van der Waals surface area contributed by atoms with Gasteiger partial charge in [-0.05, 0) is 59.7 Å². The van der Waals surface area contributed by atoms with Gasteiger partial charge in [-0.15, -0.1) is 0 Å². The Morgan fingerprint density at radius 1 is 0.500 bits per heavy atom. The molecular formula is C60H74O34. The number of aromatic hydroxyl groups is 2. The largest absolute Gasteiger partial charge is 0.508 e. The third-order valence-electron chi connectivity index (χ3n) is 15.5. The number of methoxy groups -OCH3 is 1. The quantitative estimate of drug-likeness (QED) is 0.0215. The molecule has 0 saturated carbocycles. The zero-order chi connectivity index (χ0) is 68.3. The van der Waals surface area contributed by atoms with E-state index in [1.807, 2.05) is 0 Å². The van der Waals surface area contributed by atoms with Gasteiger partial charge in [-0.3, -0.25) is 9.59 Å². The van der Waals surface area contributed by atoms with E-state index in [0.717, 1.165) is 32.1 Å². The van der Waals surface area contributed by atoms with Gasteiger partial charge in [0.2, 0.25) is 5.79 Å². The molecular weight excluding hydrogens is 1260 g/mol. The zero-order valence-electron chi connectivity index (χ0n) is 50.2. The van der Waals surface area contributed by atoms with E-state index in [1.165, 1.54) is 79.9 Å². The van der Waals surface area contributed by atoms with E-state index in [9.17, 15) is 95.5 Å². The second kappa shape index (κ2) is 32.7. The van der Waals surface area contributed by atoms with Crippen LogP contribution < -0.4 is 4.74 Å². The molecule has 5 saturated heterocycles. The minimum Gasteiger partial charge on any atom is -0.508 e. The molecule has 24 unspecified atom stereocenters. The van der Waals surface area contributed by atoms with Crippen molar-refractivity contribution in [3.63, 3.8) is 0 Å². The molecule has 8 rings (SSSR count). The first kappa shape index (κ1) is 72.9. The number of ether oxygens (including phenoxy) is 15.